The van der Waals surface area contributed by atoms with Crippen molar-refractivity contribution >= 4 is 11.8 Å². The first-order valence-electron chi connectivity index (χ1n) is 6.13. The molecule has 2 N–H and O–H groups in total. The molecule has 1 aromatic heterocycles. The van der Waals surface area contributed by atoms with Crippen LogP contribution in [0.1, 0.15) is 29.8 Å². The Labute approximate surface area is 106 Å². The van der Waals surface area contributed by atoms with Crippen molar-refractivity contribution in [2.45, 2.75) is 25.3 Å². The SMILES string of the molecule is COC(=O)c1cncc(N2CCCCC2CN)n1. The molecule has 0 aliphatic carbocycles. The third kappa shape index (κ3) is 2.59. The number of carbonyl (C=O) groups is 1. The minimum atomic E-state index is -0.467. The van der Waals surface area contributed by atoms with Crippen molar-refractivity contribution in [2.75, 3.05) is 25.1 Å². The number of anilines is 1. The molecule has 1 aromatic rings. The van der Waals surface area contributed by atoms with E-state index in [1.54, 1.807) is 6.20 Å². The van der Waals surface area contributed by atoms with Crippen LogP contribution in [0.25, 0.3) is 0 Å². The van der Waals surface area contributed by atoms with E-state index in [-0.39, 0.29) is 11.7 Å². The molecule has 1 aliphatic rings. The fraction of sp³-hybridized carbons (Fsp3) is 0.583. The molecule has 0 amide bonds. The number of esters is 1. The zero-order chi connectivity index (χ0) is 13.0. The maximum atomic E-state index is 11.4. The molecular weight excluding hydrogens is 232 g/mol. The molecule has 18 heavy (non-hydrogen) atoms. The van der Waals surface area contributed by atoms with Gasteiger partial charge in [0.15, 0.2) is 5.69 Å². The van der Waals surface area contributed by atoms with E-state index in [9.17, 15) is 4.79 Å². The summed E-state index contributed by atoms with van der Waals surface area (Å²) in [6.07, 6.45) is 6.43. The second-order valence-corrected chi connectivity index (χ2v) is 4.33. The number of carbonyl (C=O) groups excluding carboxylic acids is 1. The fourth-order valence-corrected chi connectivity index (χ4v) is 2.24. The van der Waals surface area contributed by atoms with Crippen molar-refractivity contribution in [2.24, 2.45) is 5.73 Å². The Morgan fingerprint density at radius 1 is 1.56 bits per heavy atom. The van der Waals surface area contributed by atoms with Crippen LogP contribution in [0.15, 0.2) is 12.4 Å². The van der Waals surface area contributed by atoms with Gasteiger partial charge < -0.3 is 15.4 Å². The highest BCUT2D eigenvalue weighted by Gasteiger charge is 2.23. The smallest absolute Gasteiger partial charge is 0.358 e. The molecule has 1 atom stereocenters. The summed E-state index contributed by atoms with van der Waals surface area (Å²) in [5.74, 6) is 0.235. The molecule has 2 rings (SSSR count). The highest BCUT2D eigenvalue weighted by atomic mass is 16.5. The minimum absolute atomic E-state index is 0.233. The number of ether oxygens (including phenoxy) is 1. The van der Waals surface area contributed by atoms with E-state index in [0.717, 1.165) is 19.4 Å². The van der Waals surface area contributed by atoms with E-state index in [0.29, 0.717) is 12.4 Å². The number of hydrogen-bond acceptors (Lipinski definition) is 6. The van der Waals surface area contributed by atoms with Gasteiger partial charge >= 0.3 is 5.97 Å². The largest absolute Gasteiger partial charge is 0.464 e. The van der Waals surface area contributed by atoms with Crippen molar-refractivity contribution in [3.63, 3.8) is 0 Å². The van der Waals surface area contributed by atoms with Crippen LogP contribution in [-0.4, -0.2) is 42.2 Å². The number of aromatic nitrogens is 2. The molecule has 1 aliphatic heterocycles. The van der Waals surface area contributed by atoms with E-state index >= 15 is 0 Å². The summed E-state index contributed by atoms with van der Waals surface area (Å²) in [7, 11) is 1.33. The molecule has 1 fully saturated rings. The second kappa shape index (κ2) is 5.77. The fourth-order valence-electron chi connectivity index (χ4n) is 2.24. The molecule has 0 radical (unpaired) electrons. The van der Waals surface area contributed by atoms with E-state index in [1.165, 1.54) is 19.7 Å². The van der Waals surface area contributed by atoms with Gasteiger partial charge in [-0.1, -0.05) is 0 Å². The van der Waals surface area contributed by atoms with Gasteiger partial charge in [-0.05, 0) is 19.3 Å². The molecule has 0 saturated carbocycles. The number of rotatable bonds is 3. The molecule has 0 spiro atoms. The van der Waals surface area contributed by atoms with Gasteiger partial charge in [-0.15, -0.1) is 0 Å². The van der Waals surface area contributed by atoms with Crippen LogP contribution in [0, 0.1) is 0 Å². The Kier molecular flexibility index (Phi) is 4.09. The van der Waals surface area contributed by atoms with Crippen molar-refractivity contribution < 1.29 is 9.53 Å². The summed E-state index contributed by atoms with van der Waals surface area (Å²) in [5, 5.41) is 0. The van der Waals surface area contributed by atoms with E-state index < -0.39 is 5.97 Å². The summed E-state index contributed by atoms with van der Waals surface area (Å²) < 4.78 is 4.65. The summed E-state index contributed by atoms with van der Waals surface area (Å²) in [5.41, 5.74) is 6.01. The van der Waals surface area contributed by atoms with Crippen molar-refractivity contribution in [1.29, 1.82) is 0 Å². The van der Waals surface area contributed by atoms with Crippen LogP contribution in [0.3, 0.4) is 0 Å². The lowest BCUT2D eigenvalue weighted by Gasteiger charge is -2.35. The lowest BCUT2D eigenvalue weighted by Crippen LogP contribution is -2.44. The lowest BCUT2D eigenvalue weighted by molar-refractivity contribution is 0.0593. The zero-order valence-corrected chi connectivity index (χ0v) is 10.5. The van der Waals surface area contributed by atoms with Gasteiger partial charge in [0.25, 0.3) is 0 Å². The molecule has 2 heterocycles. The molecule has 1 saturated heterocycles. The van der Waals surface area contributed by atoms with Crippen LogP contribution in [0.5, 0.6) is 0 Å². The van der Waals surface area contributed by atoms with Gasteiger partial charge in [0.05, 0.1) is 19.5 Å². The summed E-state index contributed by atoms with van der Waals surface area (Å²) in [4.78, 5) is 21.9. The highest BCUT2D eigenvalue weighted by Crippen LogP contribution is 2.22. The number of nitrogens with two attached hydrogens (primary N) is 1. The Morgan fingerprint density at radius 2 is 2.39 bits per heavy atom. The van der Waals surface area contributed by atoms with Gasteiger partial charge in [-0.2, -0.15) is 0 Å². The monoisotopic (exact) mass is 250 g/mol. The Balaban J connectivity index is 2.23. The van der Waals surface area contributed by atoms with Crippen LogP contribution < -0.4 is 10.6 Å². The van der Waals surface area contributed by atoms with Crippen LogP contribution in [0.2, 0.25) is 0 Å². The van der Waals surface area contributed by atoms with Gasteiger partial charge in [0.1, 0.15) is 5.82 Å². The van der Waals surface area contributed by atoms with E-state index in [2.05, 4.69) is 19.6 Å². The quantitative estimate of drug-likeness (QED) is 0.790. The van der Waals surface area contributed by atoms with Gasteiger partial charge in [-0.25, -0.2) is 9.78 Å². The Morgan fingerprint density at radius 3 is 3.11 bits per heavy atom. The standard InChI is InChI=1S/C12H18N4O2/c1-18-12(17)10-7-14-8-11(15-10)16-5-3-2-4-9(16)6-13/h7-9H,2-6,13H2,1H3. The molecule has 1 unspecified atom stereocenters. The Hall–Kier alpha value is -1.69. The second-order valence-electron chi connectivity index (χ2n) is 4.33. The van der Waals surface area contributed by atoms with Gasteiger partial charge in [0.2, 0.25) is 0 Å². The Bertz CT molecular complexity index is 424. The average Bonchev–Trinajstić information content (AvgIpc) is 2.46. The predicted octanol–water partition coefficient (Wildman–Crippen LogP) is 0.581. The number of hydrogen-bond donors (Lipinski definition) is 1. The first-order chi connectivity index (χ1) is 8.76. The maximum absolute atomic E-state index is 11.4. The van der Waals surface area contributed by atoms with Crippen LogP contribution >= 0.6 is 0 Å². The van der Waals surface area contributed by atoms with E-state index in [4.69, 9.17) is 5.73 Å². The minimum Gasteiger partial charge on any atom is -0.464 e. The topological polar surface area (TPSA) is 81.3 Å². The van der Waals surface area contributed by atoms with E-state index in [1.807, 2.05) is 0 Å². The summed E-state index contributed by atoms with van der Waals surface area (Å²) in [6.45, 7) is 1.49. The van der Waals surface area contributed by atoms with Crippen molar-refractivity contribution in [3.05, 3.63) is 18.1 Å². The van der Waals surface area contributed by atoms with Crippen LogP contribution in [-0.2, 0) is 4.74 Å². The lowest BCUT2D eigenvalue weighted by atomic mass is 10.0. The maximum Gasteiger partial charge on any atom is 0.358 e. The number of piperidine rings is 1. The third-order valence-corrected chi connectivity index (χ3v) is 3.21. The van der Waals surface area contributed by atoms with Crippen molar-refractivity contribution in [1.82, 2.24) is 9.97 Å². The van der Waals surface area contributed by atoms with Gasteiger partial charge in [0, 0.05) is 19.1 Å². The van der Waals surface area contributed by atoms with Gasteiger partial charge in [-0.3, -0.25) is 4.98 Å². The first-order valence-corrected chi connectivity index (χ1v) is 6.13. The molecule has 6 heteroatoms. The van der Waals surface area contributed by atoms with Crippen molar-refractivity contribution in [3.8, 4) is 0 Å². The number of methoxy groups -OCH3 is 1. The summed E-state index contributed by atoms with van der Waals surface area (Å²) in [6, 6.07) is 0.279. The third-order valence-electron chi connectivity index (χ3n) is 3.21. The molecule has 98 valence electrons. The predicted molar refractivity (Wildman–Crippen MR) is 67.4 cm³/mol. The molecular formula is C12H18N4O2. The normalized spacial score (nSPS) is 19.7. The highest BCUT2D eigenvalue weighted by molar-refractivity contribution is 5.87. The summed E-state index contributed by atoms with van der Waals surface area (Å²) >= 11 is 0. The average molecular weight is 250 g/mol. The molecule has 0 bridgehead atoms. The molecule has 6 nitrogen and oxygen atoms in total. The van der Waals surface area contributed by atoms with Crippen LogP contribution in [0.4, 0.5) is 5.82 Å². The zero-order valence-electron chi connectivity index (χ0n) is 10.5. The first kappa shape index (κ1) is 12.8. The molecule has 0 aromatic carbocycles. The number of nitrogens with zero attached hydrogens (tertiary/aromatic N) is 3.